The van der Waals surface area contributed by atoms with E-state index in [0.717, 1.165) is 32.8 Å². The third-order valence-corrected chi connectivity index (χ3v) is 2.92. The van der Waals surface area contributed by atoms with Gasteiger partial charge in [-0.25, -0.2) is 4.79 Å². The molecule has 0 saturated carbocycles. The fourth-order valence-corrected chi connectivity index (χ4v) is 1.96. The molecule has 0 aromatic rings. The molecule has 0 aliphatic carbocycles. The number of carbonyl (C=O) groups is 1. The lowest BCUT2D eigenvalue weighted by Gasteiger charge is -2.09. The summed E-state index contributed by atoms with van der Waals surface area (Å²) < 4.78 is 30.7. The summed E-state index contributed by atoms with van der Waals surface area (Å²) >= 11 is 1.84. The van der Waals surface area contributed by atoms with E-state index in [9.17, 15) is 13.6 Å². The average Bonchev–Trinajstić information content (AvgIpc) is 2.22. The number of alkyl halides is 2. The molecular weight excluding hydrogens is 329 g/mol. The van der Waals surface area contributed by atoms with E-state index < -0.39 is 11.9 Å². The van der Waals surface area contributed by atoms with Crippen LogP contribution in [-0.2, 0) is 9.53 Å². The van der Waals surface area contributed by atoms with E-state index in [1.807, 2.05) is 22.6 Å². The molecule has 0 aliphatic rings. The molecule has 0 saturated heterocycles. The van der Waals surface area contributed by atoms with Gasteiger partial charge in [0.2, 0.25) is 0 Å². The summed E-state index contributed by atoms with van der Waals surface area (Å²) in [5.74, 6) is -5.01. The molecule has 0 atom stereocenters. The molecule has 0 amide bonds. The summed E-state index contributed by atoms with van der Waals surface area (Å²) in [6.45, 7) is 2.09. The fourth-order valence-electron chi connectivity index (χ4n) is 1.18. The first-order valence-electron chi connectivity index (χ1n) is 5.27. The van der Waals surface area contributed by atoms with Gasteiger partial charge in [-0.3, -0.25) is 0 Å². The van der Waals surface area contributed by atoms with Gasteiger partial charge < -0.3 is 4.74 Å². The standard InChI is InChI=1S/C11H17F2IO2/c1-3-4-5-6-7-9(14)8-11(12,13)10(15)16-2/h8H,3-7H2,1-2H3. The topological polar surface area (TPSA) is 26.3 Å². The molecular formula is C11H17F2IO2. The lowest BCUT2D eigenvalue weighted by molar-refractivity contribution is -0.161. The molecule has 0 aliphatic heterocycles. The minimum Gasteiger partial charge on any atom is -0.464 e. The number of rotatable bonds is 7. The molecule has 0 aromatic carbocycles. The number of hydrogen-bond donors (Lipinski definition) is 0. The Morgan fingerprint density at radius 2 is 2.00 bits per heavy atom. The van der Waals surface area contributed by atoms with Crippen LogP contribution in [0.2, 0.25) is 0 Å². The van der Waals surface area contributed by atoms with Gasteiger partial charge in [0, 0.05) is 6.08 Å². The summed E-state index contributed by atoms with van der Waals surface area (Å²) in [6.07, 6.45) is 5.40. The molecule has 0 radical (unpaired) electrons. The van der Waals surface area contributed by atoms with Crippen LogP contribution in [0.4, 0.5) is 8.78 Å². The number of unbranched alkanes of at least 4 members (excludes halogenated alkanes) is 3. The summed E-state index contributed by atoms with van der Waals surface area (Å²) in [5, 5.41) is 0. The Morgan fingerprint density at radius 3 is 2.50 bits per heavy atom. The molecule has 94 valence electrons. The van der Waals surface area contributed by atoms with Crippen LogP contribution in [0.1, 0.15) is 39.0 Å². The van der Waals surface area contributed by atoms with E-state index in [0.29, 0.717) is 16.1 Å². The van der Waals surface area contributed by atoms with E-state index in [4.69, 9.17) is 0 Å². The van der Waals surface area contributed by atoms with Crippen LogP contribution in [0.3, 0.4) is 0 Å². The molecule has 0 aromatic heterocycles. The number of ether oxygens (including phenoxy) is 1. The smallest absolute Gasteiger partial charge is 0.381 e. The van der Waals surface area contributed by atoms with Gasteiger partial charge in [-0.1, -0.05) is 26.2 Å². The SMILES string of the molecule is CCCCCCC(I)=CC(F)(F)C(=O)OC. The van der Waals surface area contributed by atoms with Crippen molar-refractivity contribution in [1.29, 1.82) is 0 Å². The monoisotopic (exact) mass is 346 g/mol. The maximum absolute atomic E-state index is 13.1. The van der Waals surface area contributed by atoms with Crippen molar-refractivity contribution in [2.75, 3.05) is 7.11 Å². The Labute approximate surface area is 109 Å². The average molecular weight is 346 g/mol. The zero-order valence-electron chi connectivity index (χ0n) is 9.56. The molecule has 0 rings (SSSR count). The Kier molecular flexibility index (Phi) is 7.87. The largest absolute Gasteiger partial charge is 0.464 e. The molecule has 0 N–H and O–H groups in total. The summed E-state index contributed by atoms with van der Waals surface area (Å²) in [6, 6.07) is 0. The summed E-state index contributed by atoms with van der Waals surface area (Å²) in [4.78, 5) is 10.7. The van der Waals surface area contributed by atoms with Gasteiger partial charge in [0.25, 0.3) is 0 Å². The second-order valence-electron chi connectivity index (χ2n) is 3.52. The van der Waals surface area contributed by atoms with Crippen molar-refractivity contribution in [3.63, 3.8) is 0 Å². The van der Waals surface area contributed by atoms with E-state index in [2.05, 4.69) is 11.7 Å². The second-order valence-corrected chi connectivity index (χ2v) is 4.90. The minimum absolute atomic E-state index is 0.504. The maximum atomic E-state index is 13.1. The number of hydrogen-bond acceptors (Lipinski definition) is 2. The predicted octanol–water partition coefficient (Wildman–Crippen LogP) is 4.08. The first kappa shape index (κ1) is 15.8. The Balaban J connectivity index is 4.14. The number of halogens is 3. The highest BCUT2D eigenvalue weighted by atomic mass is 127. The predicted molar refractivity (Wildman–Crippen MR) is 67.8 cm³/mol. The van der Waals surface area contributed by atoms with Gasteiger partial charge in [-0.05, 0) is 39.0 Å². The molecule has 0 unspecified atom stereocenters. The minimum atomic E-state index is -3.50. The highest BCUT2D eigenvalue weighted by Crippen LogP contribution is 2.25. The van der Waals surface area contributed by atoms with Gasteiger partial charge >= 0.3 is 11.9 Å². The van der Waals surface area contributed by atoms with Crippen LogP contribution in [0.5, 0.6) is 0 Å². The molecule has 0 fully saturated rings. The van der Waals surface area contributed by atoms with Gasteiger partial charge in [0.15, 0.2) is 0 Å². The summed E-state index contributed by atoms with van der Waals surface area (Å²) in [5.41, 5.74) is 0. The number of allylic oxidation sites excluding steroid dienone is 1. The van der Waals surface area contributed by atoms with Gasteiger partial charge in [-0.15, -0.1) is 0 Å². The first-order chi connectivity index (χ1) is 7.44. The van der Waals surface area contributed by atoms with Crippen LogP contribution < -0.4 is 0 Å². The van der Waals surface area contributed by atoms with Gasteiger partial charge in [0.05, 0.1) is 7.11 Å². The fraction of sp³-hybridized carbons (Fsp3) is 0.727. The highest BCUT2D eigenvalue weighted by molar-refractivity contribution is 14.1. The van der Waals surface area contributed by atoms with Crippen LogP contribution in [0.15, 0.2) is 9.66 Å². The van der Waals surface area contributed by atoms with Crippen molar-refractivity contribution in [3.05, 3.63) is 9.66 Å². The molecule has 2 nitrogen and oxygen atoms in total. The van der Waals surface area contributed by atoms with Crippen LogP contribution in [0, 0.1) is 0 Å². The highest BCUT2D eigenvalue weighted by Gasteiger charge is 2.37. The lowest BCUT2D eigenvalue weighted by atomic mass is 10.1. The number of esters is 1. The second kappa shape index (κ2) is 7.97. The molecule has 0 heterocycles. The number of methoxy groups -OCH3 is 1. The zero-order valence-corrected chi connectivity index (χ0v) is 11.7. The third-order valence-electron chi connectivity index (χ3n) is 2.06. The molecule has 16 heavy (non-hydrogen) atoms. The molecule has 0 spiro atoms. The lowest BCUT2D eigenvalue weighted by Crippen LogP contribution is -2.27. The van der Waals surface area contributed by atoms with E-state index in [-0.39, 0.29) is 0 Å². The van der Waals surface area contributed by atoms with E-state index in [1.165, 1.54) is 0 Å². The summed E-state index contributed by atoms with van der Waals surface area (Å²) in [7, 11) is 0.957. The Morgan fingerprint density at radius 1 is 1.38 bits per heavy atom. The molecule has 5 heteroatoms. The third kappa shape index (κ3) is 6.40. The quantitative estimate of drug-likeness (QED) is 0.394. The van der Waals surface area contributed by atoms with E-state index >= 15 is 0 Å². The van der Waals surface area contributed by atoms with Crippen molar-refractivity contribution >= 4 is 28.6 Å². The maximum Gasteiger partial charge on any atom is 0.381 e. The van der Waals surface area contributed by atoms with Crippen molar-refractivity contribution in [2.45, 2.75) is 45.0 Å². The van der Waals surface area contributed by atoms with Gasteiger partial charge in [-0.2, -0.15) is 8.78 Å². The van der Waals surface area contributed by atoms with Gasteiger partial charge in [0.1, 0.15) is 0 Å². The zero-order chi connectivity index (χ0) is 12.6. The van der Waals surface area contributed by atoms with Crippen molar-refractivity contribution in [2.24, 2.45) is 0 Å². The van der Waals surface area contributed by atoms with E-state index in [1.54, 1.807) is 0 Å². The first-order valence-corrected chi connectivity index (χ1v) is 6.35. The van der Waals surface area contributed by atoms with Crippen LogP contribution >= 0.6 is 22.6 Å². The van der Waals surface area contributed by atoms with Crippen LogP contribution in [-0.4, -0.2) is 19.0 Å². The van der Waals surface area contributed by atoms with Crippen molar-refractivity contribution in [3.8, 4) is 0 Å². The van der Waals surface area contributed by atoms with Crippen LogP contribution in [0.25, 0.3) is 0 Å². The molecule has 0 bridgehead atoms. The van der Waals surface area contributed by atoms with Crippen molar-refractivity contribution < 1.29 is 18.3 Å². The Hall–Kier alpha value is -0.200. The number of carbonyl (C=O) groups excluding carboxylic acids is 1. The van der Waals surface area contributed by atoms with Crippen molar-refractivity contribution in [1.82, 2.24) is 0 Å². The normalized spacial score (nSPS) is 12.7. The Bertz CT molecular complexity index is 252.